The first-order chi connectivity index (χ1) is 24.1. The molecule has 4 nitrogen and oxygen atoms in total. The summed E-state index contributed by atoms with van der Waals surface area (Å²) in [5.41, 5.74) is 16.0. The first-order valence-electron chi connectivity index (χ1n) is 17.6. The first-order valence-corrected chi connectivity index (χ1v) is 17.6. The van der Waals surface area contributed by atoms with Gasteiger partial charge in [-0.05, 0) is 98.0 Å². The van der Waals surface area contributed by atoms with Crippen molar-refractivity contribution >= 4 is 57.2 Å². The average molecular weight is 653 g/mol. The van der Waals surface area contributed by atoms with Crippen LogP contribution in [-0.2, 0) is 10.8 Å². The van der Waals surface area contributed by atoms with Gasteiger partial charge in [0.15, 0.2) is 11.5 Å². The van der Waals surface area contributed by atoms with Gasteiger partial charge in [0.25, 0.3) is 6.71 Å². The Balaban J connectivity index is 1.38. The number of anilines is 6. The summed E-state index contributed by atoms with van der Waals surface area (Å²) in [4.78, 5) is 4.93. The number of benzene rings is 6. The number of hydrogen-bond donors (Lipinski definition) is 0. The third kappa shape index (κ3) is 4.82. The number of rotatable bonds is 3. The lowest BCUT2D eigenvalue weighted by atomic mass is 9.33. The molecule has 0 aromatic heterocycles. The van der Waals surface area contributed by atoms with Crippen LogP contribution >= 0.6 is 0 Å². The minimum absolute atomic E-state index is 0.00119. The molecule has 0 N–H and O–H groups in total. The van der Waals surface area contributed by atoms with Crippen molar-refractivity contribution in [3.63, 3.8) is 0 Å². The highest BCUT2D eigenvalue weighted by molar-refractivity contribution is 7.00. The van der Waals surface area contributed by atoms with Gasteiger partial charge in [-0.1, -0.05) is 114 Å². The molecule has 6 aromatic carbocycles. The van der Waals surface area contributed by atoms with Crippen LogP contribution in [0, 0.1) is 0 Å². The molecule has 3 aliphatic heterocycles. The van der Waals surface area contributed by atoms with Gasteiger partial charge in [0, 0.05) is 34.5 Å². The van der Waals surface area contributed by atoms with E-state index in [9.17, 15) is 0 Å². The number of nitrogens with zero attached hydrogens (tertiary/aromatic N) is 2. The molecule has 0 saturated heterocycles. The van der Waals surface area contributed by atoms with E-state index in [0.717, 1.165) is 22.9 Å². The second-order valence-electron chi connectivity index (χ2n) is 15.8. The molecule has 6 aromatic rings. The summed E-state index contributed by atoms with van der Waals surface area (Å²) < 4.78 is 11.7. The van der Waals surface area contributed by atoms with Gasteiger partial charge in [-0.15, -0.1) is 0 Å². The summed E-state index contributed by atoms with van der Waals surface area (Å²) in [7, 11) is 0. The molecule has 0 radical (unpaired) electrons. The molecule has 3 aliphatic rings. The number of hydrogen-bond acceptors (Lipinski definition) is 4. The summed E-state index contributed by atoms with van der Waals surface area (Å²) in [6.45, 7) is 14.0. The minimum atomic E-state index is 0.00119. The Labute approximate surface area is 296 Å². The third-order valence-corrected chi connectivity index (χ3v) is 10.6. The summed E-state index contributed by atoms with van der Waals surface area (Å²) in [5.74, 6) is 1.56. The predicted octanol–water partition coefficient (Wildman–Crippen LogP) is 9.76. The fraction of sp³-hybridized carbons (Fsp3) is 0.200. The highest BCUT2D eigenvalue weighted by Crippen LogP contribution is 2.48. The Bertz CT molecular complexity index is 2280. The van der Waals surface area contributed by atoms with Gasteiger partial charge >= 0.3 is 0 Å². The highest BCUT2D eigenvalue weighted by Gasteiger charge is 2.44. The Morgan fingerprint density at radius 2 is 1.08 bits per heavy atom. The van der Waals surface area contributed by atoms with Gasteiger partial charge in [-0.2, -0.15) is 0 Å². The third-order valence-electron chi connectivity index (χ3n) is 10.6. The van der Waals surface area contributed by atoms with Gasteiger partial charge in [0.1, 0.15) is 0 Å². The van der Waals surface area contributed by atoms with Crippen LogP contribution in [0.25, 0.3) is 11.1 Å². The molecule has 5 heteroatoms. The van der Waals surface area contributed by atoms with Crippen molar-refractivity contribution in [2.45, 2.75) is 52.4 Å². The van der Waals surface area contributed by atoms with Crippen molar-refractivity contribution in [3.8, 4) is 22.6 Å². The Morgan fingerprint density at radius 1 is 0.480 bits per heavy atom. The summed E-state index contributed by atoms with van der Waals surface area (Å²) in [6, 6.07) is 47.2. The lowest BCUT2D eigenvalue weighted by Crippen LogP contribution is -2.61. The van der Waals surface area contributed by atoms with Crippen LogP contribution in [0.2, 0.25) is 0 Å². The normalized spacial score (nSPS) is 14.3. The standard InChI is InChI=1S/C45H41BN2O2/c1-44(2,3)31-16-19-33(20-17-31)47-38-22-18-32(45(4,5)6)26-36(38)46-35-14-10-11-15-37(35)48(34-21-23-41-42(27-34)50-28-49-41)40-25-30(24-39(47)43(40)46)29-12-8-7-9-13-29/h7-27H,28H2,1-6H3. The SMILES string of the molecule is CC(C)(C)c1ccc(N2c3ccc(C(C)(C)C)cc3B3c4ccccc4N(c4ccc5c(c4)OCO5)c4cc(-c5ccccc5)cc2c43)cc1. The second-order valence-corrected chi connectivity index (χ2v) is 15.8. The van der Waals surface area contributed by atoms with Crippen molar-refractivity contribution in [2.75, 3.05) is 16.6 Å². The van der Waals surface area contributed by atoms with Crippen molar-refractivity contribution < 1.29 is 9.47 Å². The molecule has 0 saturated carbocycles. The summed E-state index contributed by atoms with van der Waals surface area (Å²) >= 11 is 0. The van der Waals surface area contributed by atoms with E-state index >= 15 is 0 Å². The number of fused-ring (bicyclic) bond motifs is 5. The fourth-order valence-electron chi connectivity index (χ4n) is 7.91. The first kappa shape index (κ1) is 30.6. The van der Waals surface area contributed by atoms with Gasteiger partial charge in [0.2, 0.25) is 6.79 Å². The molecule has 9 rings (SSSR count). The largest absolute Gasteiger partial charge is 0.454 e. The number of ether oxygens (including phenoxy) is 2. The molecule has 0 bridgehead atoms. The smallest absolute Gasteiger partial charge is 0.252 e. The van der Waals surface area contributed by atoms with E-state index in [1.165, 1.54) is 61.4 Å². The second kappa shape index (κ2) is 11.0. The molecular weight excluding hydrogens is 611 g/mol. The average Bonchev–Trinajstić information content (AvgIpc) is 3.59. The van der Waals surface area contributed by atoms with Crippen molar-refractivity contribution in [2.24, 2.45) is 0 Å². The number of para-hydroxylation sites is 1. The molecule has 0 aliphatic carbocycles. The Morgan fingerprint density at radius 3 is 1.80 bits per heavy atom. The molecule has 0 amide bonds. The Hall–Kier alpha value is -5.42. The van der Waals surface area contributed by atoms with Crippen molar-refractivity contribution in [3.05, 3.63) is 139 Å². The molecule has 246 valence electrons. The minimum Gasteiger partial charge on any atom is -0.454 e. The van der Waals surface area contributed by atoms with Crippen LogP contribution in [0.5, 0.6) is 11.5 Å². The van der Waals surface area contributed by atoms with Gasteiger partial charge in [-0.25, -0.2) is 0 Å². The van der Waals surface area contributed by atoms with Crippen LogP contribution in [0.1, 0.15) is 52.7 Å². The van der Waals surface area contributed by atoms with E-state index in [1.807, 2.05) is 6.07 Å². The monoisotopic (exact) mass is 652 g/mol. The predicted molar refractivity (Wildman–Crippen MR) is 209 cm³/mol. The van der Waals surface area contributed by atoms with E-state index in [2.05, 4.69) is 173 Å². The maximum Gasteiger partial charge on any atom is 0.252 e. The molecule has 0 atom stereocenters. The van der Waals surface area contributed by atoms with E-state index in [-0.39, 0.29) is 24.3 Å². The molecule has 0 unspecified atom stereocenters. The zero-order chi connectivity index (χ0) is 34.4. The van der Waals surface area contributed by atoms with E-state index in [4.69, 9.17) is 9.47 Å². The van der Waals surface area contributed by atoms with Crippen molar-refractivity contribution in [1.29, 1.82) is 0 Å². The topological polar surface area (TPSA) is 24.9 Å². The van der Waals surface area contributed by atoms with E-state index < -0.39 is 0 Å². The van der Waals surface area contributed by atoms with Gasteiger partial charge < -0.3 is 19.3 Å². The van der Waals surface area contributed by atoms with E-state index in [0.29, 0.717) is 0 Å². The van der Waals surface area contributed by atoms with Gasteiger partial charge in [0.05, 0.1) is 5.69 Å². The fourth-order valence-corrected chi connectivity index (χ4v) is 7.91. The molecule has 0 spiro atoms. The van der Waals surface area contributed by atoms with Crippen LogP contribution in [0.4, 0.5) is 34.1 Å². The Kier molecular flexibility index (Phi) is 6.77. The van der Waals surface area contributed by atoms with Crippen LogP contribution in [0.15, 0.2) is 127 Å². The molecule has 3 heterocycles. The van der Waals surface area contributed by atoms with Crippen LogP contribution < -0.4 is 35.7 Å². The van der Waals surface area contributed by atoms with E-state index in [1.54, 1.807) is 0 Å². The molecular formula is C45H41BN2O2. The maximum absolute atomic E-state index is 5.92. The molecule has 50 heavy (non-hydrogen) atoms. The quantitative estimate of drug-likeness (QED) is 0.178. The van der Waals surface area contributed by atoms with Gasteiger partial charge in [-0.3, -0.25) is 0 Å². The van der Waals surface area contributed by atoms with Crippen LogP contribution in [-0.4, -0.2) is 13.5 Å². The zero-order valence-electron chi connectivity index (χ0n) is 29.6. The van der Waals surface area contributed by atoms with Crippen molar-refractivity contribution in [1.82, 2.24) is 0 Å². The molecule has 0 fully saturated rings. The maximum atomic E-state index is 5.92. The lowest BCUT2D eigenvalue weighted by Gasteiger charge is -2.45. The lowest BCUT2D eigenvalue weighted by molar-refractivity contribution is 0.174. The summed E-state index contributed by atoms with van der Waals surface area (Å²) in [6.07, 6.45) is 0. The highest BCUT2D eigenvalue weighted by atomic mass is 16.7. The summed E-state index contributed by atoms with van der Waals surface area (Å²) in [5, 5.41) is 0. The van der Waals surface area contributed by atoms with Crippen LogP contribution in [0.3, 0.4) is 0 Å². The zero-order valence-corrected chi connectivity index (χ0v) is 29.6.